The number of carbonyl (C=O) groups is 2. The third kappa shape index (κ3) is 4.54. The van der Waals surface area contributed by atoms with E-state index in [1.54, 1.807) is 17.8 Å². The number of nitrogens with one attached hydrogen (secondary N) is 2. The maximum Gasteiger partial charge on any atom is 0.252 e. The molecule has 25 heavy (non-hydrogen) atoms. The largest absolute Gasteiger partial charge is 0.382 e. The highest BCUT2D eigenvalue weighted by Crippen LogP contribution is 2.38. The molecule has 136 valence electrons. The van der Waals surface area contributed by atoms with E-state index >= 15 is 0 Å². The van der Waals surface area contributed by atoms with Crippen LogP contribution in [-0.4, -0.2) is 54.9 Å². The molecule has 1 aromatic carbocycles. The van der Waals surface area contributed by atoms with Gasteiger partial charge in [-0.3, -0.25) is 14.5 Å². The van der Waals surface area contributed by atoms with Crippen molar-refractivity contribution >= 4 is 29.3 Å². The van der Waals surface area contributed by atoms with Crippen LogP contribution >= 0.6 is 11.8 Å². The summed E-state index contributed by atoms with van der Waals surface area (Å²) in [7, 11) is 0. The van der Waals surface area contributed by atoms with Gasteiger partial charge in [0.05, 0.1) is 5.69 Å². The number of thioether (sulfide) groups is 1. The Morgan fingerprint density at radius 2 is 2.20 bits per heavy atom. The van der Waals surface area contributed by atoms with Crippen LogP contribution in [0.2, 0.25) is 0 Å². The third-order valence-corrected chi connectivity index (χ3v) is 5.74. The first-order valence-corrected chi connectivity index (χ1v) is 9.78. The van der Waals surface area contributed by atoms with Gasteiger partial charge in [-0.1, -0.05) is 11.8 Å². The average Bonchev–Trinajstić information content (AvgIpc) is 3.14. The molecule has 2 amide bonds. The number of fused-ring (bicyclic) bond motifs is 1. The number of benzene rings is 1. The summed E-state index contributed by atoms with van der Waals surface area (Å²) in [6.07, 6.45) is 3.09. The molecule has 0 bridgehead atoms. The number of hydrogen-bond acceptors (Lipinski definition) is 5. The standard InChI is InChI=1S/C18H25N3O3S/c1-2-24-11-5-8-19-16(22)13-6-7-15-14(12-13)20-17(23)18(25-15)21-9-3-4-10-21/h6-7,12,18H,2-5,8-11H2,1H3,(H,19,22)(H,20,23). The molecule has 0 aromatic heterocycles. The summed E-state index contributed by atoms with van der Waals surface area (Å²) in [6.45, 7) is 5.81. The number of rotatable bonds is 7. The van der Waals surface area contributed by atoms with Crippen molar-refractivity contribution in [1.29, 1.82) is 0 Å². The van der Waals surface area contributed by atoms with Crippen molar-refractivity contribution in [1.82, 2.24) is 10.2 Å². The summed E-state index contributed by atoms with van der Waals surface area (Å²) >= 11 is 1.58. The number of carbonyl (C=O) groups excluding carboxylic acids is 2. The van der Waals surface area contributed by atoms with Crippen LogP contribution in [0, 0.1) is 0 Å². The third-order valence-electron chi connectivity index (χ3n) is 4.39. The lowest BCUT2D eigenvalue weighted by Crippen LogP contribution is -2.42. The molecule has 0 aliphatic carbocycles. The van der Waals surface area contributed by atoms with E-state index in [2.05, 4.69) is 15.5 Å². The Morgan fingerprint density at radius 3 is 2.96 bits per heavy atom. The lowest BCUT2D eigenvalue weighted by atomic mass is 10.1. The number of ether oxygens (including phenoxy) is 1. The molecule has 0 spiro atoms. The highest BCUT2D eigenvalue weighted by molar-refractivity contribution is 8.00. The Morgan fingerprint density at radius 1 is 1.40 bits per heavy atom. The van der Waals surface area contributed by atoms with Gasteiger partial charge in [0.25, 0.3) is 11.8 Å². The molecule has 0 saturated carbocycles. The summed E-state index contributed by atoms with van der Waals surface area (Å²) in [5.74, 6) is -0.117. The number of anilines is 1. The van der Waals surface area contributed by atoms with Crippen LogP contribution in [0.25, 0.3) is 0 Å². The highest BCUT2D eigenvalue weighted by atomic mass is 32.2. The number of nitrogens with zero attached hydrogens (tertiary/aromatic N) is 1. The monoisotopic (exact) mass is 363 g/mol. The van der Waals surface area contributed by atoms with Crippen LogP contribution in [0.1, 0.15) is 36.5 Å². The summed E-state index contributed by atoms with van der Waals surface area (Å²) < 4.78 is 5.25. The molecule has 6 nitrogen and oxygen atoms in total. The molecule has 1 atom stereocenters. The molecule has 3 rings (SSSR count). The Labute approximate surface area is 152 Å². The first-order valence-electron chi connectivity index (χ1n) is 8.90. The second-order valence-corrected chi connectivity index (χ2v) is 7.34. The Bertz CT molecular complexity index is 632. The van der Waals surface area contributed by atoms with Crippen molar-refractivity contribution in [3.63, 3.8) is 0 Å². The van der Waals surface area contributed by atoms with Crippen LogP contribution in [0.4, 0.5) is 5.69 Å². The zero-order valence-electron chi connectivity index (χ0n) is 14.5. The van der Waals surface area contributed by atoms with Crippen molar-refractivity contribution in [2.24, 2.45) is 0 Å². The Balaban J connectivity index is 1.60. The molecule has 2 heterocycles. The topological polar surface area (TPSA) is 70.7 Å². The fourth-order valence-corrected chi connectivity index (χ4v) is 4.23. The van der Waals surface area contributed by atoms with Crippen LogP contribution in [-0.2, 0) is 9.53 Å². The van der Waals surface area contributed by atoms with E-state index in [0.29, 0.717) is 25.3 Å². The van der Waals surface area contributed by atoms with Gasteiger partial charge in [-0.2, -0.15) is 0 Å². The minimum atomic E-state index is -0.159. The first-order chi connectivity index (χ1) is 12.2. The van der Waals surface area contributed by atoms with Crippen molar-refractivity contribution in [3.05, 3.63) is 23.8 Å². The predicted octanol–water partition coefficient (Wildman–Crippen LogP) is 2.31. The van der Waals surface area contributed by atoms with E-state index in [9.17, 15) is 9.59 Å². The smallest absolute Gasteiger partial charge is 0.252 e. The van der Waals surface area contributed by atoms with Gasteiger partial charge in [0, 0.05) is 30.2 Å². The lowest BCUT2D eigenvalue weighted by Gasteiger charge is -2.30. The van der Waals surface area contributed by atoms with E-state index in [0.717, 1.165) is 42.9 Å². The molecule has 7 heteroatoms. The van der Waals surface area contributed by atoms with Gasteiger partial charge >= 0.3 is 0 Å². The van der Waals surface area contributed by atoms with Crippen LogP contribution in [0.5, 0.6) is 0 Å². The Hall–Kier alpha value is -1.57. The highest BCUT2D eigenvalue weighted by Gasteiger charge is 2.33. The van der Waals surface area contributed by atoms with Crippen molar-refractivity contribution in [2.45, 2.75) is 36.5 Å². The molecular formula is C18H25N3O3S. The van der Waals surface area contributed by atoms with Crippen molar-refractivity contribution in [3.8, 4) is 0 Å². The minimum Gasteiger partial charge on any atom is -0.382 e. The normalized spacial score (nSPS) is 20.2. The zero-order chi connectivity index (χ0) is 17.6. The fraction of sp³-hybridized carbons (Fsp3) is 0.556. The van der Waals surface area contributed by atoms with E-state index in [1.165, 1.54) is 0 Å². The van der Waals surface area contributed by atoms with Crippen LogP contribution in [0.3, 0.4) is 0 Å². The quantitative estimate of drug-likeness (QED) is 0.728. The number of likely N-dealkylation sites (tertiary alicyclic amines) is 1. The second kappa shape index (κ2) is 8.69. The minimum absolute atomic E-state index is 0.00803. The molecule has 1 unspecified atom stereocenters. The maximum absolute atomic E-state index is 12.4. The van der Waals surface area contributed by atoms with Gasteiger partial charge in [-0.05, 0) is 57.5 Å². The van der Waals surface area contributed by atoms with E-state index < -0.39 is 0 Å². The molecule has 1 fully saturated rings. The summed E-state index contributed by atoms with van der Waals surface area (Å²) in [6, 6.07) is 5.51. The summed E-state index contributed by atoms with van der Waals surface area (Å²) in [5, 5.41) is 5.69. The van der Waals surface area contributed by atoms with Crippen molar-refractivity contribution in [2.75, 3.05) is 38.2 Å². The average molecular weight is 363 g/mol. The number of amides is 2. The molecule has 2 aliphatic rings. The van der Waals surface area contributed by atoms with E-state index in [1.807, 2.05) is 19.1 Å². The zero-order valence-corrected chi connectivity index (χ0v) is 15.4. The van der Waals surface area contributed by atoms with Crippen LogP contribution in [0.15, 0.2) is 23.1 Å². The molecule has 1 aromatic rings. The molecular weight excluding hydrogens is 338 g/mol. The summed E-state index contributed by atoms with van der Waals surface area (Å²) in [4.78, 5) is 27.9. The first kappa shape index (κ1) is 18.2. The maximum atomic E-state index is 12.4. The van der Waals surface area contributed by atoms with Crippen LogP contribution < -0.4 is 10.6 Å². The van der Waals surface area contributed by atoms with Gasteiger partial charge in [0.2, 0.25) is 0 Å². The van der Waals surface area contributed by atoms with E-state index in [-0.39, 0.29) is 17.2 Å². The fourth-order valence-electron chi connectivity index (χ4n) is 3.08. The van der Waals surface area contributed by atoms with E-state index in [4.69, 9.17) is 4.74 Å². The predicted molar refractivity (Wildman–Crippen MR) is 99.0 cm³/mol. The molecule has 1 saturated heterocycles. The molecule has 2 aliphatic heterocycles. The van der Waals surface area contributed by atoms with Gasteiger partial charge in [-0.25, -0.2) is 0 Å². The van der Waals surface area contributed by atoms with Gasteiger partial charge in [-0.15, -0.1) is 0 Å². The van der Waals surface area contributed by atoms with Crippen molar-refractivity contribution < 1.29 is 14.3 Å². The lowest BCUT2D eigenvalue weighted by molar-refractivity contribution is -0.118. The number of hydrogen-bond donors (Lipinski definition) is 2. The summed E-state index contributed by atoms with van der Waals surface area (Å²) in [5.41, 5.74) is 1.29. The van der Waals surface area contributed by atoms with Gasteiger partial charge < -0.3 is 15.4 Å². The van der Waals surface area contributed by atoms with Gasteiger partial charge in [0.15, 0.2) is 0 Å². The molecule has 2 N–H and O–H groups in total. The second-order valence-electron chi connectivity index (χ2n) is 6.22. The SMILES string of the molecule is CCOCCCNC(=O)c1ccc2c(c1)NC(=O)C(N1CCCC1)S2. The Kier molecular flexibility index (Phi) is 6.34. The van der Waals surface area contributed by atoms with Gasteiger partial charge in [0.1, 0.15) is 5.37 Å². The molecule has 0 radical (unpaired) electrons.